The molecule has 2 N–H and O–H groups in total. The number of nitrogens with zero attached hydrogens (tertiary/aromatic N) is 2. The first-order chi connectivity index (χ1) is 19.6. The second kappa shape index (κ2) is 12.7. The topological polar surface area (TPSA) is 91.0 Å². The molecule has 1 saturated heterocycles. The lowest BCUT2D eigenvalue weighted by Crippen LogP contribution is -2.53. The van der Waals surface area contributed by atoms with Crippen LogP contribution in [-0.4, -0.2) is 68.1 Å². The Labute approximate surface area is 245 Å². The van der Waals surface area contributed by atoms with Gasteiger partial charge in [0.05, 0.1) is 27.1 Å². The Balaban J connectivity index is 1.39. The second-order valence-corrected chi connectivity index (χ2v) is 12.6. The summed E-state index contributed by atoms with van der Waals surface area (Å²) in [7, 11) is 0. The SMILES string of the molecule is O=C(NC[C@@H](C(=O)Nc1ccc(N2CCOCC2=O)cc1C(F)(F)F)N(CC1CCC1)CC1CC1)c1ccc(Cl)s1. The lowest BCUT2D eigenvalue weighted by Gasteiger charge is -2.37. The van der Waals surface area contributed by atoms with Crippen LogP contribution in [0.25, 0.3) is 0 Å². The third-order valence-corrected chi connectivity index (χ3v) is 9.00. The van der Waals surface area contributed by atoms with Crippen LogP contribution in [0.15, 0.2) is 30.3 Å². The van der Waals surface area contributed by atoms with Gasteiger partial charge in [0, 0.05) is 31.9 Å². The van der Waals surface area contributed by atoms with Crippen molar-refractivity contribution in [2.75, 3.05) is 49.6 Å². The van der Waals surface area contributed by atoms with Gasteiger partial charge < -0.3 is 20.3 Å². The number of thiophene rings is 1. The minimum atomic E-state index is -4.78. The summed E-state index contributed by atoms with van der Waals surface area (Å²) in [6.07, 6.45) is 0.480. The van der Waals surface area contributed by atoms with Gasteiger partial charge in [-0.3, -0.25) is 19.3 Å². The number of halogens is 4. The van der Waals surface area contributed by atoms with E-state index < -0.39 is 41.2 Å². The Hall–Kier alpha value is -2.67. The number of carbonyl (C=O) groups is 3. The van der Waals surface area contributed by atoms with Crippen molar-refractivity contribution in [1.29, 1.82) is 0 Å². The Kier molecular flexibility index (Phi) is 9.22. The van der Waals surface area contributed by atoms with E-state index >= 15 is 0 Å². The molecule has 3 amide bonds. The zero-order chi connectivity index (χ0) is 29.1. The number of hydrogen-bond acceptors (Lipinski definition) is 6. The van der Waals surface area contributed by atoms with Gasteiger partial charge in [-0.2, -0.15) is 13.2 Å². The van der Waals surface area contributed by atoms with Crippen LogP contribution in [0.3, 0.4) is 0 Å². The standard InChI is InChI=1S/C28H32ClF3N4O4S/c29-24-9-8-23(41-24)27(39)33-13-22(35(15-18-4-5-18)14-17-2-1-3-17)26(38)34-21-7-6-19(12-20(21)28(30,31)32)36-10-11-40-16-25(36)37/h6-9,12,17-18,22H,1-5,10-11,13-16H2,(H,33,39)(H,34,38)/t22-/m0/s1. The van der Waals surface area contributed by atoms with E-state index in [1.807, 2.05) is 4.90 Å². The first-order valence-corrected chi connectivity index (χ1v) is 15.0. The number of anilines is 2. The molecule has 1 aliphatic heterocycles. The quantitative estimate of drug-likeness (QED) is 0.371. The summed E-state index contributed by atoms with van der Waals surface area (Å²) in [5.74, 6) is -0.628. The lowest BCUT2D eigenvalue weighted by atomic mass is 9.84. The van der Waals surface area contributed by atoms with Gasteiger partial charge in [-0.15, -0.1) is 11.3 Å². The van der Waals surface area contributed by atoms with Crippen molar-refractivity contribution in [2.45, 2.75) is 44.3 Å². The summed E-state index contributed by atoms with van der Waals surface area (Å²) >= 11 is 7.08. The van der Waals surface area contributed by atoms with Crippen molar-refractivity contribution in [2.24, 2.45) is 11.8 Å². The molecule has 0 unspecified atom stereocenters. The number of rotatable bonds is 11. The average molecular weight is 613 g/mol. The summed E-state index contributed by atoms with van der Waals surface area (Å²) < 4.78 is 48.1. The molecule has 1 aromatic carbocycles. The minimum Gasteiger partial charge on any atom is -0.370 e. The number of ether oxygens (including phenoxy) is 1. The third kappa shape index (κ3) is 7.59. The molecule has 0 spiro atoms. The number of nitrogens with one attached hydrogen (secondary N) is 2. The van der Waals surface area contributed by atoms with Crippen LogP contribution in [0.1, 0.15) is 47.3 Å². The van der Waals surface area contributed by atoms with Crippen molar-refractivity contribution in [3.8, 4) is 0 Å². The molecule has 5 rings (SSSR count). The number of amides is 3. The highest BCUT2D eigenvalue weighted by atomic mass is 35.5. The largest absolute Gasteiger partial charge is 0.418 e. The van der Waals surface area contributed by atoms with E-state index in [2.05, 4.69) is 10.6 Å². The van der Waals surface area contributed by atoms with Crippen molar-refractivity contribution in [1.82, 2.24) is 10.2 Å². The second-order valence-electron chi connectivity index (χ2n) is 10.8. The number of hydrogen-bond donors (Lipinski definition) is 2. The number of morpholine rings is 1. The van der Waals surface area contributed by atoms with Crippen molar-refractivity contribution in [3.63, 3.8) is 0 Å². The van der Waals surface area contributed by atoms with E-state index in [0.29, 0.717) is 34.1 Å². The Morgan fingerprint density at radius 3 is 2.44 bits per heavy atom. The average Bonchev–Trinajstić information content (AvgIpc) is 3.62. The van der Waals surface area contributed by atoms with Crippen LogP contribution in [0.2, 0.25) is 4.34 Å². The zero-order valence-corrected chi connectivity index (χ0v) is 23.9. The summed E-state index contributed by atoms with van der Waals surface area (Å²) in [4.78, 5) is 42.4. The fourth-order valence-electron chi connectivity index (χ4n) is 5.12. The van der Waals surface area contributed by atoms with Crippen LogP contribution < -0.4 is 15.5 Å². The first kappa shape index (κ1) is 29.8. The highest BCUT2D eigenvalue weighted by Gasteiger charge is 2.38. The molecular weight excluding hydrogens is 581 g/mol. The highest BCUT2D eigenvalue weighted by Crippen LogP contribution is 2.38. The van der Waals surface area contributed by atoms with E-state index in [-0.39, 0.29) is 32.0 Å². The highest BCUT2D eigenvalue weighted by molar-refractivity contribution is 7.18. The van der Waals surface area contributed by atoms with E-state index in [1.165, 1.54) is 17.0 Å². The molecule has 3 aliphatic rings. The van der Waals surface area contributed by atoms with Crippen molar-refractivity contribution in [3.05, 3.63) is 45.1 Å². The molecule has 13 heteroatoms. The van der Waals surface area contributed by atoms with Gasteiger partial charge in [0.2, 0.25) is 5.91 Å². The van der Waals surface area contributed by atoms with E-state index in [9.17, 15) is 27.6 Å². The van der Waals surface area contributed by atoms with Gasteiger partial charge in [0.15, 0.2) is 0 Å². The first-order valence-electron chi connectivity index (χ1n) is 13.8. The Morgan fingerprint density at radius 2 is 1.85 bits per heavy atom. The Morgan fingerprint density at radius 1 is 1.12 bits per heavy atom. The molecule has 1 aromatic heterocycles. The maximum atomic E-state index is 14.2. The molecule has 0 bridgehead atoms. The molecule has 222 valence electrons. The van der Waals surface area contributed by atoms with Gasteiger partial charge >= 0.3 is 6.18 Å². The third-order valence-electron chi connectivity index (χ3n) is 7.77. The fraction of sp³-hybridized carbons (Fsp3) is 0.536. The van der Waals surface area contributed by atoms with E-state index in [0.717, 1.165) is 49.5 Å². The van der Waals surface area contributed by atoms with Gasteiger partial charge in [0.1, 0.15) is 12.6 Å². The predicted octanol–water partition coefficient (Wildman–Crippen LogP) is 5.03. The minimum absolute atomic E-state index is 0.0681. The fourth-order valence-corrected chi connectivity index (χ4v) is 6.08. The van der Waals surface area contributed by atoms with Gasteiger partial charge in [-0.1, -0.05) is 18.0 Å². The van der Waals surface area contributed by atoms with Crippen molar-refractivity contribution < 1.29 is 32.3 Å². The van der Waals surface area contributed by atoms with Crippen LogP contribution in [0.5, 0.6) is 0 Å². The summed E-state index contributed by atoms with van der Waals surface area (Å²) in [5, 5.41) is 5.31. The van der Waals surface area contributed by atoms with Crippen LogP contribution in [0, 0.1) is 11.8 Å². The van der Waals surface area contributed by atoms with Gasteiger partial charge in [-0.25, -0.2) is 0 Å². The smallest absolute Gasteiger partial charge is 0.370 e. The molecule has 8 nitrogen and oxygen atoms in total. The number of benzene rings is 1. The van der Waals surface area contributed by atoms with Crippen molar-refractivity contribution >= 4 is 52.0 Å². The number of carbonyl (C=O) groups excluding carboxylic acids is 3. The molecule has 41 heavy (non-hydrogen) atoms. The molecule has 3 fully saturated rings. The van der Waals surface area contributed by atoms with Crippen LogP contribution in [0.4, 0.5) is 24.5 Å². The van der Waals surface area contributed by atoms with Gasteiger partial charge in [-0.05, 0) is 67.9 Å². The molecule has 2 aliphatic carbocycles. The van der Waals surface area contributed by atoms with Crippen LogP contribution >= 0.6 is 22.9 Å². The normalized spacial score (nSPS) is 18.8. The molecule has 1 atom stereocenters. The summed E-state index contributed by atoms with van der Waals surface area (Å²) in [6, 6.07) is 5.77. The summed E-state index contributed by atoms with van der Waals surface area (Å²) in [6.45, 7) is 1.36. The molecule has 2 aromatic rings. The maximum absolute atomic E-state index is 14.2. The molecule has 0 radical (unpaired) electrons. The monoisotopic (exact) mass is 612 g/mol. The predicted molar refractivity (Wildman–Crippen MR) is 150 cm³/mol. The molecule has 2 heterocycles. The van der Waals surface area contributed by atoms with Crippen LogP contribution in [-0.2, 0) is 20.5 Å². The summed E-state index contributed by atoms with van der Waals surface area (Å²) in [5.41, 5.74) is -1.36. The number of alkyl halides is 3. The lowest BCUT2D eigenvalue weighted by molar-refractivity contribution is -0.137. The van der Waals surface area contributed by atoms with E-state index in [4.69, 9.17) is 16.3 Å². The Bertz CT molecular complexity index is 1280. The zero-order valence-electron chi connectivity index (χ0n) is 22.3. The van der Waals surface area contributed by atoms with E-state index in [1.54, 1.807) is 12.1 Å². The van der Waals surface area contributed by atoms with Gasteiger partial charge in [0.25, 0.3) is 11.8 Å². The molecule has 2 saturated carbocycles. The maximum Gasteiger partial charge on any atom is 0.418 e. The molecular formula is C28H32ClF3N4O4S.